The van der Waals surface area contributed by atoms with Gasteiger partial charge in [0.05, 0.1) is 18.5 Å². The topological polar surface area (TPSA) is 66.5 Å². The second kappa shape index (κ2) is 10.4. The van der Waals surface area contributed by atoms with Crippen LogP contribution < -0.4 is 9.62 Å². The van der Waals surface area contributed by atoms with Gasteiger partial charge in [-0.3, -0.25) is 9.10 Å². The summed E-state index contributed by atoms with van der Waals surface area (Å²) in [5, 5.41) is 2.86. The van der Waals surface area contributed by atoms with Crippen molar-refractivity contribution >= 4 is 27.3 Å². The number of amides is 1. The van der Waals surface area contributed by atoms with Crippen LogP contribution in [-0.4, -0.2) is 20.6 Å². The normalized spacial score (nSPS) is 11.2. The van der Waals surface area contributed by atoms with Crippen molar-refractivity contribution in [3.8, 4) is 0 Å². The highest BCUT2D eigenvalue weighted by Gasteiger charge is 2.18. The van der Waals surface area contributed by atoms with Gasteiger partial charge in [0.25, 0.3) is 5.91 Å². The smallest absolute Gasteiger partial charge is 0.255 e. The van der Waals surface area contributed by atoms with Crippen LogP contribution in [0.4, 0.5) is 15.8 Å². The van der Waals surface area contributed by atoms with E-state index < -0.39 is 10.0 Å². The van der Waals surface area contributed by atoms with E-state index in [1.807, 2.05) is 24.3 Å². The first-order valence-corrected chi connectivity index (χ1v) is 12.3. The average Bonchev–Trinajstić information content (AvgIpc) is 2.77. The Bertz CT molecular complexity index is 1140. The lowest BCUT2D eigenvalue weighted by Gasteiger charge is -2.22. The van der Waals surface area contributed by atoms with Gasteiger partial charge in [-0.15, -0.1) is 0 Å². The number of hydrogen-bond donors (Lipinski definition) is 1. The molecule has 0 spiro atoms. The van der Waals surface area contributed by atoms with E-state index in [1.54, 1.807) is 36.4 Å². The molecule has 0 saturated heterocycles. The number of nitrogens with zero attached hydrogens (tertiary/aromatic N) is 1. The predicted molar refractivity (Wildman–Crippen MR) is 127 cm³/mol. The minimum Gasteiger partial charge on any atom is -0.322 e. The van der Waals surface area contributed by atoms with Crippen molar-refractivity contribution in [3.63, 3.8) is 0 Å². The molecule has 3 aromatic carbocycles. The van der Waals surface area contributed by atoms with Gasteiger partial charge in [-0.25, -0.2) is 12.8 Å². The Morgan fingerprint density at radius 2 is 1.50 bits per heavy atom. The SMILES string of the molecule is CCCCc1ccc(NC(=O)c2ccc(N(Cc3ccc(F)cc3)S(C)(=O)=O)cc2)cc1. The summed E-state index contributed by atoms with van der Waals surface area (Å²) in [4.78, 5) is 12.6. The van der Waals surface area contributed by atoms with Crippen LogP contribution in [0.25, 0.3) is 0 Å². The van der Waals surface area contributed by atoms with Crippen LogP contribution in [0.15, 0.2) is 72.8 Å². The average molecular weight is 455 g/mol. The fraction of sp³-hybridized carbons (Fsp3) is 0.240. The predicted octanol–water partition coefficient (Wildman–Crippen LogP) is 5.39. The second-order valence-electron chi connectivity index (χ2n) is 7.70. The summed E-state index contributed by atoms with van der Waals surface area (Å²) in [7, 11) is -3.58. The van der Waals surface area contributed by atoms with Crippen LogP contribution in [0.3, 0.4) is 0 Å². The van der Waals surface area contributed by atoms with E-state index in [4.69, 9.17) is 0 Å². The van der Waals surface area contributed by atoms with Gasteiger partial charge in [-0.05, 0) is 72.5 Å². The van der Waals surface area contributed by atoms with Gasteiger partial charge in [0.2, 0.25) is 10.0 Å². The van der Waals surface area contributed by atoms with Gasteiger partial charge in [0, 0.05) is 11.3 Å². The van der Waals surface area contributed by atoms with Crippen LogP contribution in [0.2, 0.25) is 0 Å². The number of hydrogen-bond acceptors (Lipinski definition) is 3. The number of aryl methyl sites for hydroxylation is 1. The summed E-state index contributed by atoms with van der Waals surface area (Å²) >= 11 is 0. The zero-order valence-corrected chi connectivity index (χ0v) is 19.0. The molecular formula is C25H27FN2O3S. The van der Waals surface area contributed by atoms with Crippen molar-refractivity contribution in [1.29, 1.82) is 0 Å². The third-order valence-electron chi connectivity index (χ3n) is 5.09. The molecule has 0 aliphatic rings. The molecule has 0 aliphatic carbocycles. The molecule has 3 aromatic rings. The maximum atomic E-state index is 13.2. The summed E-state index contributed by atoms with van der Waals surface area (Å²) < 4.78 is 39.0. The Balaban J connectivity index is 1.71. The first-order chi connectivity index (χ1) is 15.3. The number of halogens is 1. The van der Waals surface area contributed by atoms with E-state index in [9.17, 15) is 17.6 Å². The Labute approximate surface area is 188 Å². The Kier molecular flexibility index (Phi) is 7.64. The van der Waals surface area contributed by atoms with Crippen LogP contribution in [0.1, 0.15) is 41.3 Å². The van der Waals surface area contributed by atoms with Crippen LogP contribution in [-0.2, 0) is 23.0 Å². The molecule has 1 amide bonds. The van der Waals surface area contributed by atoms with E-state index in [1.165, 1.54) is 22.0 Å². The number of benzene rings is 3. The molecule has 5 nitrogen and oxygen atoms in total. The van der Waals surface area contributed by atoms with E-state index in [0.29, 0.717) is 22.5 Å². The summed E-state index contributed by atoms with van der Waals surface area (Å²) in [6, 6.07) is 19.8. The minimum atomic E-state index is -3.58. The van der Waals surface area contributed by atoms with Crippen molar-refractivity contribution < 1.29 is 17.6 Å². The summed E-state index contributed by atoms with van der Waals surface area (Å²) in [6.07, 6.45) is 4.39. The van der Waals surface area contributed by atoms with Gasteiger partial charge < -0.3 is 5.32 Å². The molecule has 7 heteroatoms. The van der Waals surface area contributed by atoms with E-state index >= 15 is 0 Å². The molecule has 0 atom stereocenters. The van der Waals surface area contributed by atoms with Crippen LogP contribution >= 0.6 is 0 Å². The van der Waals surface area contributed by atoms with Crippen molar-refractivity contribution in [1.82, 2.24) is 0 Å². The second-order valence-corrected chi connectivity index (χ2v) is 9.60. The Hall–Kier alpha value is -3.19. The summed E-state index contributed by atoms with van der Waals surface area (Å²) in [5.41, 5.74) is 3.43. The molecule has 0 saturated carbocycles. The highest BCUT2D eigenvalue weighted by Crippen LogP contribution is 2.22. The summed E-state index contributed by atoms with van der Waals surface area (Å²) in [5.74, 6) is -0.659. The molecule has 168 valence electrons. The van der Waals surface area contributed by atoms with Crippen molar-refractivity contribution in [2.45, 2.75) is 32.7 Å². The van der Waals surface area contributed by atoms with Gasteiger partial charge in [-0.2, -0.15) is 0 Å². The van der Waals surface area contributed by atoms with Crippen LogP contribution in [0, 0.1) is 5.82 Å². The molecule has 1 N–H and O–H groups in total. The lowest BCUT2D eigenvalue weighted by Crippen LogP contribution is -2.29. The zero-order chi connectivity index (χ0) is 23.1. The van der Waals surface area contributed by atoms with Gasteiger partial charge in [-0.1, -0.05) is 37.6 Å². The molecule has 0 fully saturated rings. The number of sulfonamides is 1. The molecule has 0 aromatic heterocycles. The van der Waals surface area contributed by atoms with Crippen molar-refractivity contribution in [2.75, 3.05) is 15.9 Å². The van der Waals surface area contributed by atoms with Gasteiger partial charge in [0.1, 0.15) is 5.82 Å². The highest BCUT2D eigenvalue weighted by molar-refractivity contribution is 7.92. The van der Waals surface area contributed by atoms with Gasteiger partial charge >= 0.3 is 0 Å². The molecule has 3 rings (SSSR count). The fourth-order valence-electron chi connectivity index (χ4n) is 3.27. The number of anilines is 2. The number of carbonyl (C=O) groups excluding carboxylic acids is 1. The lowest BCUT2D eigenvalue weighted by molar-refractivity contribution is 0.102. The number of rotatable bonds is 9. The third-order valence-corrected chi connectivity index (χ3v) is 6.23. The number of unbranched alkanes of at least 4 members (excludes halogenated alkanes) is 1. The van der Waals surface area contributed by atoms with Gasteiger partial charge in [0.15, 0.2) is 0 Å². The molecule has 0 unspecified atom stereocenters. The minimum absolute atomic E-state index is 0.0645. The molecular weight excluding hydrogens is 427 g/mol. The van der Waals surface area contributed by atoms with E-state index in [2.05, 4.69) is 12.2 Å². The van der Waals surface area contributed by atoms with E-state index in [0.717, 1.165) is 25.5 Å². The monoisotopic (exact) mass is 454 g/mol. The molecule has 32 heavy (non-hydrogen) atoms. The number of nitrogens with one attached hydrogen (secondary N) is 1. The van der Waals surface area contributed by atoms with Crippen molar-refractivity contribution in [3.05, 3.63) is 95.3 Å². The fourth-order valence-corrected chi connectivity index (χ4v) is 4.16. The quantitative estimate of drug-likeness (QED) is 0.472. The Morgan fingerprint density at radius 3 is 2.06 bits per heavy atom. The lowest BCUT2D eigenvalue weighted by atomic mass is 10.1. The highest BCUT2D eigenvalue weighted by atomic mass is 32.2. The molecule has 0 bridgehead atoms. The summed E-state index contributed by atoms with van der Waals surface area (Å²) in [6.45, 7) is 2.22. The van der Waals surface area contributed by atoms with Crippen molar-refractivity contribution in [2.24, 2.45) is 0 Å². The molecule has 0 heterocycles. The van der Waals surface area contributed by atoms with E-state index in [-0.39, 0.29) is 18.3 Å². The third kappa shape index (κ3) is 6.40. The standard InChI is InChI=1S/C25H27FN2O3S/c1-3-4-5-19-8-14-23(15-9-19)27-25(29)21-10-16-24(17-11-21)28(32(2,30)31)18-20-6-12-22(26)13-7-20/h6-17H,3-5,18H2,1-2H3,(H,27,29). The first kappa shape index (κ1) is 23.5. The zero-order valence-electron chi connectivity index (χ0n) is 18.2. The van der Waals surface area contributed by atoms with Crippen LogP contribution in [0.5, 0.6) is 0 Å². The molecule has 0 radical (unpaired) electrons. The first-order valence-electron chi connectivity index (χ1n) is 10.5. The maximum Gasteiger partial charge on any atom is 0.255 e. The Morgan fingerprint density at radius 1 is 0.906 bits per heavy atom. The largest absolute Gasteiger partial charge is 0.322 e. The maximum absolute atomic E-state index is 13.2. The molecule has 0 aliphatic heterocycles. The number of carbonyl (C=O) groups is 1.